The van der Waals surface area contributed by atoms with Crippen LogP contribution in [0.2, 0.25) is 0 Å². The van der Waals surface area contributed by atoms with Crippen LogP contribution in [0.4, 0.5) is 8.78 Å². The van der Waals surface area contributed by atoms with Crippen LogP contribution in [0.5, 0.6) is 0 Å². The van der Waals surface area contributed by atoms with Crippen molar-refractivity contribution in [3.8, 4) is 0 Å². The summed E-state index contributed by atoms with van der Waals surface area (Å²) < 4.78 is 29.4. The quantitative estimate of drug-likeness (QED) is 0.921. The van der Waals surface area contributed by atoms with Crippen molar-refractivity contribution in [1.82, 2.24) is 25.5 Å². The lowest BCUT2D eigenvalue weighted by Gasteiger charge is -2.20. The molecule has 1 heterocycles. The Kier molecular flexibility index (Phi) is 3.67. The molecule has 112 valence electrons. The van der Waals surface area contributed by atoms with Crippen LogP contribution in [0.25, 0.3) is 0 Å². The van der Waals surface area contributed by atoms with Gasteiger partial charge in [0.25, 0.3) is 0 Å². The maximum atomic E-state index is 13.8. The fraction of sp³-hybridized carbons (Fsp3) is 0.500. The second-order valence-corrected chi connectivity index (χ2v) is 5.46. The number of halogens is 2. The summed E-state index contributed by atoms with van der Waals surface area (Å²) in [5, 5.41) is 14.9. The highest BCUT2D eigenvalue weighted by Gasteiger charge is 2.30. The maximum absolute atomic E-state index is 13.8. The van der Waals surface area contributed by atoms with Gasteiger partial charge in [-0.15, -0.1) is 5.10 Å². The smallest absolute Gasteiger partial charge is 0.168 e. The first-order valence-electron chi connectivity index (χ1n) is 7.05. The Balaban J connectivity index is 1.77. The van der Waals surface area contributed by atoms with Gasteiger partial charge in [0.15, 0.2) is 5.82 Å². The van der Waals surface area contributed by atoms with Crippen LogP contribution in [0.3, 0.4) is 0 Å². The Morgan fingerprint density at radius 3 is 2.48 bits per heavy atom. The van der Waals surface area contributed by atoms with Gasteiger partial charge in [-0.3, -0.25) is 0 Å². The Bertz CT molecular complexity index is 618. The topological polar surface area (TPSA) is 55.6 Å². The van der Waals surface area contributed by atoms with E-state index in [1.54, 1.807) is 11.6 Å². The first-order valence-corrected chi connectivity index (χ1v) is 7.05. The van der Waals surface area contributed by atoms with Gasteiger partial charge < -0.3 is 5.32 Å². The predicted octanol–water partition coefficient (Wildman–Crippen LogP) is 2.70. The number of nitrogens with zero attached hydrogens (tertiary/aromatic N) is 4. The molecular formula is C14H17F2N5. The van der Waals surface area contributed by atoms with Gasteiger partial charge in [0, 0.05) is 11.6 Å². The van der Waals surface area contributed by atoms with Crippen LogP contribution in [0, 0.1) is 11.6 Å². The Morgan fingerprint density at radius 2 is 1.86 bits per heavy atom. The lowest BCUT2D eigenvalue weighted by atomic mass is 10.1. The summed E-state index contributed by atoms with van der Waals surface area (Å²) in [5.41, 5.74) is 0.0368. The number of benzene rings is 1. The average Bonchev–Trinajstić information content (AvgIpc) is 3.15. The SMILES string of the molecule is C[C@H](N[C@H](C)c1nnnn1C1CC1)c1c(F)cccc1F. The average molecular weight is 293 g/mol. The minimum absolute atomic E-state index is 0.0368. The molecule has 1 aromatic carbocycles. The summed E-state index contributed by atoms with van der Waals surface area (Å²) in [7, 11) is 0. The number of aromatic nitrogens is 4. The van der Waals surface area contributed by atoms with Crippen molar-refractivity contribution in [2.45, 2.75) is 44.8 Å². The van der Waals surface area contributed by atoms with Crippen LogP contribution < -0.4 is 5.32 Å². The molecule has 3 rings (SSSR count). The van der Waals surface area contributed by atoms with Gasteiger partial charge in [-0.2, -0.15) is 0 Å². The van der Waals surface area contributed by atoms with E-state index < -0.39 is 17.7 Å². The van der Waals surface area contributed by atoms with Gasteiger partial charge in [0.05, 0.1) is 12.1 Å². The molecule has 1 N–H and O–H groups in total. The summed E-state index contributed by atoms with van der Waals surface area (Å²) >= 11 is 0. The lowest BCUT2D eigenvalue weighted by molar-refractivity contribution is 0.422. The number of hydrogen-bond acceptors (Lipinski definition) is 4. The molecule has 1 saturated carbocycles. The Labute approximate surface area is 121 Å². The minimum atomic E-state index is -0.552. The second kappa shape index (κ2) is 5.48. The van der Waals surface area contributed by atoms with Crippen LogP contribution >= 0.6 is 0 Å². The van der Waals surface area contributed by atoms with Gasteiger partial charge >= 0.3 is 0 Å². The zero-order valence-corrected chi connectivity index (χ0v) is 11.9. The first kappa shape index (κ1) is 14.1. The van der Waals surface area contributed by atoms with Crippen molar-refractivity contribution in [1.29, 1.82) is 0 Å². The van der Waals surface area contributed by atoms with Gasteiger partial charge in [-0.25, -0.2) is 13.5 Å². The zero-order chi connectivity index (χ0) is 15.0. The van der Waals surface area contributed by atoms with E-state index in [4.69, 9.17) is 0 Å². The molecule has 5 nitrogen and oxygen atoms in total. The third-order valence-electron chi connectivity index (χ3n) is 3.73. The molecule has 0 spiro atoms. The van der Waals surface area contributed by atoms with Crippen LogP contribution in [0.15, 0.2) is 18.2 Å². The summed E-state index contributed by atoms with van der Waals surface area (Å²) in [6.45, 7) is 3.61. The Hall–Kier alpha value is -1.89. The van der Waals surface area contributed by atoms with Crippen LogP contribution in [-0.4, -0.2) is 20.2 Å². The molecule has 0 amide bonds. The van der Waals surface area contributed by atoms with Gasteiger partial charge in [0.1, 0.15) is 11.6 Å². The van der Waals surface area contributed by atoms with E-state index in [0.29, 0.717) is 11.9 Å². The molecular weight excluding hydrogens is 276 g/mol. The standard InChI is InChI=1S/C14H17F2N5/c1-8(13-11(15)4-3-5-12(13)16)17-9(2)14-18-19-20-21(14)10-6-7-10/h3-5,8-10,17H,6-7H2,1-2H3/t8-,9+/m0/s1. The molecule has 1 aromatic heterocycles. The van der Waals surface area contributed by atoms with E-state index in [9.17, 15) is 8.78 Å². The second-order valence-electron chi connectivity index (χ2n) is 5.46. The van der Waals surface area contributed by atoms with Gasteiger partial charge in [-0.1, -0.05) is 6.07 Å². The van der Waals surface area contributed by atoms with E-state index in [1.807, 2.05) is 6.92 Å². The molecule has 0 saturated heterocycles. The summed E-state index contributed by atoms with van der Waals surface area (Å²) in [4.78, 5) is 0. The molecule has 0 unspecified atom stereocenters. The van der Waals surface area contributed by atoms with Crippen molar-refractivity contribution in [2.24, 2.45) is 0 Å². The lowest BCUT2D eigenvalue weighted by Crippen LogP contribution is -2.26. The van der Waals surface area contributed by atoms with Crippen molar-refractivity contribution in [3.05, 3.63) is 41.2 Å². The van der Waals surface area contributed by atoms with Crippen molar-refractivity contribution in [3.63, 3.8) is 0 Å². The first-order chi connectivity index (χ1) is 10.1. The highest BCUT2D eigenvalue weighted by molar-refractivity contribution is 5.23. The van der Waals surface area contributed by atoms with Crippen LogP contribution in [0.1, 0.15) is 56.2 Å². The van der Waals surface area contributed by atoms with Gasteiger partial charge in [0.2, 0.25) is 0 Å². The van der Waals surface area contributed by atoms with E-state index in [2.05, 4.69) is 20.8 Å². The molecule has 0 aliphatic heterocycles. The molecule has 7 heteroatoms. The molecule has 21 heavy (non-hydrogen) atoms. The van der Waals surface area contributed by atoms with E-state index in [0.717, 1.165) is 12.8 Å². The number of rotatable bonds is 5. The predicted molar refractivity (Wildman–Crippen MR) is 72.4 cm³/mol. The normalized spacial score (nSPS) is 17.7. The maximum Gasteiger partial charge on any atom is 0.168 e. The van der Waals surface area contributed by atoms with Crippen molar-refractivity contribution < 1.29 is 8.78 Å². The monoisotopic (exact) mass is 293 g/mol. The summed E-state index contributed by atoms with van der Waals surface area (Å²) in [6, 6.07) is 3.56. The minimum Gasteiger partial charge on any atom is -0.301 e. The number of tetrazole rings is 1. The molecule has 1 aliphatic carbocycles. The highest BCUT2D eigenvalue weighted by atomic mass is 19.1. The van der Waals surface area contributed by atoms with E-state index in [-0.39, 0.29) is 11.6 Å². The fourth-order valence-corrected chi connectivity index (χ4v) is 2.52. The summed E-state index contributed by atoms with van der Waals surface area (Å²) in [6.07, 6.45) is 2.14. The Morgan fingerprint density at radius 1 is 1.19 bits per heavy atom. The molecule has 1 fully saturated rings. The zero-order valence-electron chi connectivity index (χ0n) is 11.9. The van der Waals surface area contributed by atoms with E-state index >= 15 is 0 Å². The largest absolute Gasteiger partial charge is 0.301 e. The third-order valence-corrected chi connectivity index (χ3v) is 3.73. The third kappa shape index (κ3) is 2.78. The molecule has 0 radical (unpaired) electrons. The van der Waals surface area contributed by atoms with Crippen molar-refractivity contribution >= 4 is 0 Å². The molecule has 1 aliphatic rings. The van der Waals surface area contributed by atoms with Crippen LogP contribution in [-0.2, 0) is 0 Å². The fourth-order valence-electron chi connectivity index (χ4n) is 2.52. The van der Waals surface area contributed by atoms with Gasteiger partial charge in [-0.05, 0) is 49.2 Å². The summed E-state index contributed by atoms with van der Waals surface area (Å²) in [5.74, 6) is -0.408. The number of nitrogens with one attached hydrogen (secondary N) is 1. The highest BCUT2D eigenvalue weighted by Crippen LogP contribution is 2.35. The molecule has 0 bridgehead atoms. The van der Waals surface area contributed by atoms with E-state index in [1.165, 1.54) is 18.2 Å². The molecule has 2 atom stereocenters. The number of hydrogen-bond donors (Lipinski definition) is 1. The molecule has 2 aromatic rings. The van der Waals surface area contributed by atoms with Crippen molar-refractivity contribution in [2.75, 3.05) is 0 Å².